The van der Waals surface area contributed by atoms with E-state index in [1.54, 1.807) is 0 Å². The van der Waals surface area contributed by atoms with Gasteiger partial charge in [0.05, 0.1) is 5.78 Å². The van der Waals surface area contributed by atoms with Gasteiger partial charge < -0.3 is 16.2 Å². The molecule has 3 atom stereocenters. The second-order valence-corrected chi connectivity index (χ2v) is 8.36. The van der Waals surface area contributed by atoms with Crippen molar-refractivity contribution >= 4 is 18.9 Å². The summed E-state index contributed by atoms with van der Waals surface area (Å²) in [6.45, 7) is 7.40. The average Bonchev–Trinajstić information content (AvgIpc) is 2.25. The molecule has 0 saturated heterocycles. The molecule has 0 heterocycles. The molecule has 0 aliphatic heterocycles. The molecule has 0 fully saturated rings. The van der Waals surface area contributed by atoms with Gasteiger partial charge in [-0.25, -0.2) is 4.79 Å². The van der Waals surface area contributed by atoms with E-state index in [4.69, 9.17) is 16.3 Å². The zero-order valence-corrected chi connectivity index (χ0v) is 13.4. The smallest absolute Gasteiger partial charge is 0.326 e. The average molecular weight is 307 g/mol. The van der Waals surface area contributed by atoms with E-state index in [1.165, 1.54) is 0 Å². The topological polar surface area (TPSA) is 136 Å². The van der Waals surface area contributed by atoms with Crippen molar-refractivity contribution in [2.24, 2.45) is 23.1 Å². The summed E-state index contributed by atoms with van der Waals surface area (Å²) in [7, 11) is -3.80. The molecule has 1 amide bonds. The predicted molar refractivity (Wildman–Crippen MR) is 78.6 cm³/mol. The molecule has 0 spiro atoms. The monoisotopic (exact) mass is 307 g/mol. The second kappa shape index (κ2) is 7.76. The lowest BCUT2D eigenvalue weighted by atomic mass is 10.0. The lowest BCUT2D eigenvalue weighted by Gasteiger charge is -2.23. The molecule has 0 aromatic heterocycles. The van der Waals surface area contributed by atoms with Gasteiger partial charge in [-0.3, -0.25) is 14.9 Å². The normalized spacial score (nSPS) is 17.6. The molecule has 6 N–H and O–H groups in total. The first kappa shape index (κ1) is 19.1. The summed E-state index contributed by atoms with van der Waals surface area (Å²) >= 11 is 0. The quantitative estimate of drug-likeness (QED) is 0.504. The van der Waals surface area contributed by atoms with Gasteiger partial charge in [-0.05, 0) is 24.7 Å². The number of hydrogen-bond acceptors (Lipinski definition) is 4. The lowest BCUT2D eigenvalue weighted by Crippen LogP contribution is -2.44. The van der Waals surface area contributed by atoms with E-state index in [1.807, 2.05) is 27.7 Å². The van der Waals surface area contributed by atoms with E-state index in [0.29, 0.717) is 6.42 Å². The van der Waals surface area contributed by atoms with Crippen LogP contribution in [0.2, 0.25) is 0 Å². The molecule has 0 aliphatic rings. The van der Waals surface area contributed by atoms with Gasteiger partial charge in [0.25, 0.3) is 5.65 Å². The molecular formula is C12H26N3O4P. The number of carbonyl (C=O) groups is 2. The number of carbonyl (C=O) groups excluding carboxylic acids is 1. The number of aliphatic carboxylic acids is 1. The number of carboxylic acids is 1. The van der Waals surface area contributed by atoms with Gasteiger partial charge in [0.2, 0.25) is 7.29 Å². The van der Waals surface area contributed by atoms with E-state index in [9.17, 15) is 14.2 Å². The number of amides is 1. The van der Waals surface area contributed by atoms with Crippen molar-refractivity contribution in [3.05, 3.63) is 0 Å². The number of hydrogen-bond donors (Lipinski definition) is 4. The molecule has 118 valence electrons. The summed E-state index contributed by atoms with van der Waals surface area (Å²) in [4.78, 5) is 23.0. The van der Waals surface area contributed by atoms with Crippen LogP contribution in [-0.2, 0) is 9.36 Å². The lowest BCUT2D eigenvalue weighted by molar-refractivity contribution is -0.139. The number of rotatable bonds is 8. The molecule has 0 aromatic carbocycles. The van der Waals surface area contributed by atoms with Crippen LogP contribution in [0, 0.1) is 11.8 Å². The highest BCUT2D eigenvalue weighted by Crippen LogP contribution is 2.43. The first-order valence-corrected chi connectivity index (χ1v) is 8.50. The molecule has 0 radical (unpaired) electrons. The third kappa shape index (κ3) is 6.03. The Labute approximate surface area is 119 Å². The first-order valence-electron chi connectivity index (χ1n) is 6.66. The zero-order chi connectivity index (χ0) is 16.1. The Kier molecular flexibility index (Phi) is 7.41. The van der Waals surface area contributed by atoms with Crippen molar-refractivity contribution in [3.8, 4) is 0 Å². The van der Waals surface area contributed by atoms with Crippen molar-refractivity contribution in [1.29, 1.82) is 0 Å². The highest BCUT2D eigenvalue weighted by Gasteiger charge is 2.36. The van der Waals surface area contributed by atoms with Gasteiger partial charge in [-0.15, -0.1) is 0 Å². The van der Waals surface area contributed by atoms with Gasteiger partial charge in [0, 0.05) is 0 Å². The van der Waals surface area contributed by atoms with Gasteiger partial charge in [0.1, 0.15) is 6.04 Å². The zero-order valence-electron chi connectivity index (χ0n) is 12.5. The second-order valence-electron chi connectivity index (χ2n) is 5.88. The van der Waals surface area contributed by atoms with Crippen molar-refractivity contribution in [3.63, 3.8) is 0 Å². The Balaban J connectivity index is 4.86. The summed E-state index contributed by atoms with van der Waals surface area (Å²) in [5, 5.41) is 11.3. The van der Waals surface area contributed by atoms with Crippen LogP contribution in [0.3, 0.4) is 0 Å². The minimum absolute atomic E-state index is 0.0675. The molecular weight excluding hydrogens is 281 g/mol. The van der Waals surface area contributed by atoms with Crippen LogP contribution in [0.4, 0.5) is 4.79 Å². The number of nitrogens with one attached hydrogen (secondary N) is 1. The largest absolute Gasteiger partial charge is 0.480 e. The molecule has 0 aromatic rings. The summed E-state index contributed by atoms with van der Waals surface area (Å²) in [5.74, 6) is -1.93. The fraction of sp³-hybridized carbons (Fsp3) is 0.833. The van der Waals surface area contributed by atoms with E-state index in [2.05, 4.69) is 5.32 Å². The van der Waals surface area contributed by atoms with Gasteiger partial charge in [-0.2, -0.15) is 0 Å². The van der Waals surface area contributed by atoms with Crippen molar-refractivity contribution in [2.45, 2.75) is 52.4 Å². The van der Waals surface area contributed by atoms with Crippen molar-refractivity contribution in [2.75, 3.05) is 0 Å². The van der Waals surface area contributed by atoms with Crippen LogP contribution in [0.5, 0.6) is 0 Å². The van der Waals surface area contributed by atoms with Gasteiger partial charge in [0.15, 0.2) is 0 Å². The Morgan fingerprint density at radius 2 is 1.60 bits per heavy atom. The summed E-state index contributed by atoms with van der Waals surface area (Å²) in [5.41, 5.74) is 10.3. The number of nitrogens with two attached hydrogens (primary N) is 2. The van der Waals surface area contributed by atoms with Gasteiger partial charge in [-0.1, -0.05) is 27.7 Å². The van der Waals surface area contributed by atoms with E-state index in [0.717, 1.165) is 0 Å². The van der Waals surface area contributed by atoms with E-state index >= 15 is 0 Å². The molecule has 0 rings (SSSR count). The number of carboxylic acid groups (broad SMARTS) is 1. The maximum Gasteiger partial charge on any atom is 0.326 e. The minimum Gasteiger partial charge on any atom is -0.480 e. The van der Waals surface area contributed by atoms with Crippen LogP contribution in [-0.4, -0.2) is 28.5 Å². The molecule has 8 heteroatoms. The van der Waals surface area contributed by atoms with Crippen molar-refractivity contribution in [1.82, 2.24) is 5.32 Å². The van der Waals surface area contributed by atoms with Crippen molar-refractivity contribution < 1.29 is 19.3 Å². The molecule has 0 bridgehead atoms. The van der Waals surface area contributed by atoms with Crippen LogP contribution in [0.15, 0.2) is 0 Å². The van der Waals surface area contributed by atoms with E-state index in [-0.39, 0.29) is 18.3 Å². The molecule has 7 nitrogen and oxygen atoms in total. The molecule has 0 saturated carbocycles. The third-order valence-electron chi connectivity index (χ3n) is 2.83. The Morgan fingerprint density at radius 3 is 1.95 bits per heavy atom. The highest BCUT2D eigenvalue weighted by molar-refractivity contribution is 7.78. The predicted octanol–water partition coefficient (Wildman–Crippen LogP) is 1.76. The van der Waals surface area contributed by atoms with Gasteiger partial charge >= 0.3 is 5.97 Å². The van der Waals surface area contributed by atoms with E-state index < -0.39 is 30.7 Å². The fourth-order valence-corrected chi connectivity index (χ4v) is 3.13. The first-order chi connectivity index (χ1) is 8.98. The maximum atomic E-state index is 12.2. The summed E-state index contributed by atoms with van der Waals surface area (Å²) in [6.07, 6.45) is 0.573. The summed E-state index contributed by atoms with van der Waals surface area (Å²) < 4.78 is 12.2. The van der Waals surface area contributed by atoms with Crippen LogP contribution in [0.25, 0.3) is 0 Å². The molecule has 0 aliphatic carbocycles. The molecule has 20 heavy (non-hydrogen) atoms. The van der Waals surface area contributed by atoms with Crippen LogP contribution < -0.4 is 16.6 Å². The summed E-state index contributed by atoms with van der Waals surface area (Å²) in [6, 6.07) is -1.11. The standard InChI is InChI=1S/C12H26N3O4P/c1-7(2)5-9(11(16)17)15-12(18)20(14,19)10(13)6-8(3)4/h7-10H,5-6,13H2,1-4H3,(H2,14,19)(H,15,18)(H,16,17)/t9-,10?,20?/m0/s1. The highest BCUT2D eigenvalue weighted by atomic mass is 31.2. The Hall–Kier alpha value is -0.910. The Morgan fingerprint density at radius 1 is 1.15 bits per heavy atom. The maximum absolute atomic E-state index is 12.2. The van der Waals surface area contributed by atoms with Crippen LogP contribution in [0.1, 0.15) is 40.5 Å². The van der Waals surface area contributed by atoms with Crippen LogP contribution >= 0.6 is 7.29 Å². The minimum atomic E-state index is -3.80. The Bertz CT molecular complexity index is 398. The fourth-order valence-electron chi connectivity index (χ4n) is 1.73. The third-order valence-corrected chi connectivity index (χ3v) is 4.79. The SMILES string of the molecule is CC(C)CC(N)P(N)(=O)C(=O)N[C@@H](CC(C)C)C(=O)O. The molecule has 2 unspecified atom stereocenters.